The van der Waals surface area contributed by atoms with Crippen LogP contribution in [0.25, 0.3) is 0 Å². The first-order valence-corrected chi connectivity index (χ1v) is 15.4. The summed E-state index contributed by atoms with van der Waals surface area (Å²) in [4.78, 5) is 31.9. The highest BCUT2D eigenvalue weighted by Gasteiger charge is 2.27. The average Bonchev–Trinajstić information content (AvgIpc) is 3.48. The third kappa shape index (κ3) is 7.29. The molecule has 0 bridgehead atoms. The molecule has 34 heavy (non-hydrogen) atoms. The summed E-state index contributed by atoms with van der Waals surface area (Å²) in [6.07, 6.45) is 8.20. The topological polar surface area (TPSA) is 96.4 Å². The van der Waals surface area contributed by atoms with Gasteiger partial charge in [0.15, 0.2) is 15.0 Å². The van der Waals surface area contributed by atoms with Gasteiger partial charge < -0.3 is 10.2 Å². The van der Waals surface area contributed by atoms with Gasteiger partial charge in [0.05, 0.1) is 27.0 Å². The normalized spacial score (nSPS) is 15.3. The van der Waals surface area contributed by atoms with Crippen molar-refractivity contribution in [3.05, 3.63) is 36.0 Å². The molecule has 1 aliphatic rings. The van der Waals surface area contributed by atoms with E-state index in [0.29, 0.717) is 29.9 Å². The molecule has 1 atom stereocenters. The number of nitrogens with one attached hydrogen (secondary N) is 1. The fourth-order valence-electron chi connectivity index (χ4n) is 4.30. The van der Waals surface area contributed by atoms with Crippen LogP contribution in [-0.4, -0.2) is 55.2 Å². The molecule has 0 unspecified atom stereocenters. The molecule has 1 N–H and O–H groups in total. The molecule has 0 radical (unpaired) electrons. The quantitative estimate of drug-likeness (QED) is 0.425. The molecule has 1 aromatic carbocycles. The zero-order chi connectivity index (χ0) is 24.7. The van der Waals surface area contributed by atoms with Crippen molar-refractivity contribution in [1.29, 1.82) is 0 Å². The van der Waals surface area contributed by atoms with Crippen LogP contribution in [-0.2, 0) is 19.4 Å². The lowest BCUT2D eigenvalue weighted by atomic mass is 9.87. The van der Waals surface area contributed by atoms with Gasteiger partial charge in [-0.3, -0.25) is 9.59 Å². The standard InChI is InChI=1S/C24H33N3O4S3/c1-4-27(5-2)21(28)16-32-22-15-25-24(33-22)26-23(29)20(14-17-8-6-7-9-17)18-10-12-19(13-11-18)34(3,30)31/h10-13,15,17,20H,4-9,14,16H2,1-3H3,(H,25,26,29)/t20-/m1/s1. The van der Waals surface area contributed by atoms with Crippen LogP contribution in [0.4, 0.5) is 5.13 Å². The van der Waals surface area contributed by atoms with E-state index >= 15 is 0 Å². The average molecular weight is 524 g/mol. The van der Waals surface area contributed by atoms with E-state index < -0.39 is 9.84 Å². The molecule has 1 aliphatic carbocycles. The largest absolute Gasteiger partial charge is 0.343 e. The molecule has 7 nitrogen and oxygen atoms in total. The lowest BCUT2D eigenvalue weighted by molar-refractivity contribution is -0.128. The molecule has 0 aliphatic heterocycles. The summed E-state index contributed by atoms with van der Waals surface area (Å²) in [7, 11) is -3.29. The molecule has 0 saturated heterocycles. The van der Waals surface area contributed by atoms with Crippen molar-refractivity contribution < 1.29 is 18.0 Å². The molecule has 3 rings (SSSR count). The first-order chi connectivity index (χ1) is 16.2. The van der Waals surface area contributed by atoms with E-state index in [1.807, 2.05) is 13.8 Å². The molecule has 186 valence electrons. The molecule has 1 fully saturated rings. The fourth-order valence-corrected chi connectivity index (χ4v) is 6.71. The van der Waals surface area contributed by atoms with Crippen molar-refractivity contribution in [2.75, 3.05) is 30.4 Å². The van der Waals surface area contributed by atoms with Gasteiger partial charge in [-0.05, 0) is 43.9 Å². The second-order valence-corrected chi connectivity index (χ2v) is 12.9. The molecule has 2 amide bonds. The van der Waals surface area contributed by atoms with Crippen molar-refractivity contribution in [3.8, 4) is 0 Å². The highest BCUT2D eigenvalue weighted by Crippen LogP contribution is 2.36. The van der Waals surface area contributed by atoms with Crippen LogP contribution in [0.5, 0.6) is 0 Å². The third-order valence-corrected chi connectivity index (χ3v) is 9.46. The number of amides is 2. The van der Waals surface area contributed by atoms with Crippen LogP contribution in [0.2, 0.25) is 0 Å². The van der Waals surface area contributed by atoms with Crippen molar-refractivity contribution in [2.45, 2.75) is 61.0 Å². The van der Waals surface area contributed by atoms with Gasteiger partial charge in [0.2, 0.25) is 11.8 Å². The van der Waals surface area contributed by atoms with E-state index in [4.69, 9.17) is 0 Å². The van der Waals surface area contributed by atoms with Crippen molar-refractivity contribution in [3.63, 3.8) is 0 Å². The van der Waals surface area contributed by atoms with Gasteiger partial charge >= 0.3 is 0 Å². The lowest BCUT2D eigenvalue weighted by Crippen LogP contribution is -2.31. The van der Waals surface area contributed by atoms with Crippen LogP contribution in [0, 0.1) is 5.92 Å². The summed E-state index contributed by atoms with van der Waals surface area (Å²) in [6, 6.07) is 6.64. The van der Waals surface area contributed by atoms with Gasteiger partial charge in [0.1, 0.15) is 0 Å². The highest BCUT2D eigenvalue weighted by molar-refractivity contribution is 8.01. The summed E-state index contributed by atoms with van der Waals surface area (Å²) < 4.78 is 24.5. The van der Waals surface area contributed by atoms with E-state index in [9.17, 15) is 18.0 Å². The zero-order valence-corrected chi connectivity index (χ0v) is 22.4. The minimum Gasteiger partial charge on any atom is -0.343 e. The van der Waals surface area contributed by atoms with Crippen molar-refractivity contribution >= 4 is 49.9 Å². The second kappa shape index (κ2) is 12.2. The van der Waals surface area contributed by atoms with E-state index in [2.05, 4.69) is 10.3 Å². The minimum atomic E-state index is -3.29. The van der Waals surface area contributed by atoms with E-state index in [1.165, 1.54) is 42.2 Å². The lowest BCUT2D eigenvalue weighted by Gasteiger charge is -2.20. The Bertz CT molecular complexity index is 1070. The van der Waals surface area contributed by atoms with Crippen molar-refractivity contribution in [1.82, 2.24) is 9.88 Å². The first kappa shape index (κ1) is 26.7. The third-order valence-electron chi connectivity index (χ3n) is 6.24. The molecular weight excluding hydrogens is 490 g/mol. The number of benzene rings is 1. The van der Waals surface area contributed by atoms with Crippen LogP contribution in [0.15, 0.2) is 39.6 Å². The fraction of sp³-hybridized carbons (Fsp3) is 0.542. The maximum absolute atomic E-state index is 13.3. The van der Waals surface area contributed by atoms with E-state index in [-0.39, 0.29) is 22.6 Å². The Morgan fingerprint density at radius 3 is 2.41 bits per heavy atom. The maximum atomic E-state index is 13.3. The number of hydrogen-bond acceptors (Lipinski definition) is 7. The summed E-state index contributed by atoms with van der Waals surface area (Å²) in [5, 5.41) is 3.46. The Labute approximate surface area is 210 Å². The number of rotatable bonds is 11. The summed E-state index contributed by atoms with van der Waals surface area (Å²) >= 11 is 2.79. The summed E-state index contributed by atoms with van der Waals surface area (Å²) in [5.41, 5.74) is 0.813. The molecule has 10 heteroatoms. The van der Waals surface area contributed by atoms with Crippen LogP contribution >= 0.6 is 23.1 Å². The number of sulfone groups is 1. The predicted molar refractivity (Wildman–Crippen MR) is 138 cm³/mol. The number of carbonyl (C=O) groups is 2. The Morgan fingerprint density at radius 1 is 1.18 bits per heavy atom. The number of nitrogens with zero attached hydrogens (tertiary/aromatic N) is 2. The minimum absolute atomic E-state index is 0.0863. The molecule has 2 aromatic rings. The Balaban J connectivity index is 1.69. The highest BCUT2D eigenvalue weighted by atomic mass is 32.2. The van der Waals surface area contributed by atoms with Gasteiger partial charge in [-0.2, -0.15) is 0 Å². The van der Waals surface area contributed by atoms with Crippen LogP contribution in [0.3, 0.4) is 0 Å². The number of carbonyl (C=O) groups excluding carboxylic acids is 2. The maximum Gasteiger partial charge on any atom is 0.233 e. The Morgan fingerprint density at radius 2 is 1.82 bits per heavy atom. The van der Waals surface area contributed by atoms with Gasteiger partial charge in [-0.25, -0.2) is 13.4 Å². The number of thioether (sulfide) groups is 1. The number of anilines is 1. The predicted octanol–water partition coefficient (Wildman–Crippen LogP) is 4.81. The molecule has 1 saturated carbocycles. The molecule has 0 spiro atoms. The Hall–Kier alpha value is -1.91. The molecule has 1 heterocycles. The Kier molecular flexibility index (Phi) is 9.56. The van der Waals surface area contributed by atoms with Crippen LogP contribution in [0.1, 0.15) is 57.4 Å². The number of aromatic nitrogens is 1. The summed E-state index contributed by atoms with van der Waals surface area (Å²) in [6.45, 7) is 5.30. The van der Waals surface area contributed by atoms with E-state index in [1.54, 1.807) is 35.4 Å². The molecule has 1 aromatic heterocycles. The van der Waals surface area contributed by atoms with Gasteiger partial charge in [-0.1, -0.05) is 49.2 Å². The SMILES string of the molecule is CCN(CC)C(=O)CSc1cnc(NC(=O)[C@H](CC2CCCC2)c2ccc(S(C)(=O)=O)cc2)s1. The molecular formula is C24H33N3O4S3. The van der Waals surface area contributed by atoms with E-state index in [0.717, 1.165) is 29.0 Å². The monoisotopic (exact) mass is 523 g/mol. The first-order valence-electron chi connectivity index (χ1n) is 11.7. The van der Waals surface area contributed by atoms with Crippen LogP contribution < -0.4 is 5.32 Å². The number of hydrogen-bond donors (Lipinski definition) is 1. The van der Waals surface area contributed by atoms with Gasteiger partial charge in [0, 0.05) is 19.3 Å². The zero-order valence-electron chi connectivity index (χ0n) is 20.0. The second-order valence-electron chi connectivity index (χ2n) is 8.61. The smallest absolute Gasteiger partial charge is 0.233 e. The van der Waals surface area contributed by atoms with Crippen molar-refractivity contribution in [2.24, 2.45) is 5.92 Å². The number of thiazole rings is 1. The summed E-state index contributed by atoms with van der Waals surface area (Å²) in [5.74, 6) is 0.404. The van der Waals surface area contributed by atoms with Gasteiger partial charge in [-0.15, -0.1) is 11.8 Å². The van der Waals surface area contributed by atoms with Gasteiger partial charge in [0.25, 0.3) is 0 Å².